The molecule has 0 radical (unpaired) electrons. The van der Waals surface area contributed by atoms with Crippen molar-refractivity contribution in [2.75, 3.05) is 6.54 Å². The lowest BCUT2D eigenvalue weighted by atomic mass is 10.00. The predicted octanol–water partition coefficient (Wildman–Crippen LogP) is 1.44. The van der Waals surface area contributed by atoms with Crippen molar-refractivity contribution in [2.45, 2.75) is 63.8 Å². The zero-order chi connectivity index (χ0) is 30.7. The molecule has 226 valence electrons. The van der Waals surface area contributed by atoms with Crippen LogP contribution in [0.25, 0.3) is 0 Å². The molecule has 13 heteroatoms. The fourth-order valence-electron chi connectivity index (χ4n) is 5.45. The zero-order valence-corrected chi connectivity index (χ0v) is 23.8. The molecular weight excluding hydrogens is 560 g/mol. The first-order valence-electron chi connectivity index (χ1n) is 14.2. The van der Waals surface area contributed by atoms with Crippen molar-refractivity contribution in [3.8, 4) is 0 Å². The fraction of sp³-hybridized carbons (Fsp3) is 0.400. The minimum atomic E-state index is -1.02. The van der Waals surface area contributed by atoms with Gasteiger partial charge in [0.15, 0.2) is 0 Å². The van der Waals surface area contributed by atoms with Crippen molar-refractivity contribution in [1.82, 2.24) is 35.8 Å². The molecule has 2 aliphatic heterocycles. The second-order valence-corrected chi connectivity index (χ2v) is 11.3. The van der Waals surface area contributed by atoms with E-state index in [2.05, 4.69) is 26.3 Å². The first-order valence-corrected chi connectivity index (χ1v) is 14.2. The van der Waals surface area contributed by atoms with Crippen LogP contribution in [-0.4, -0.2) is 68.2 Å². The van der Waals surface area contributed by atoms with Crippen LogP contribution in [0.5, 0.6) is 0 Å². The fourth-order valence-corrected chi connectivity index (χ4v) is 5.45. The van der Waals surface area contributed by atoms with Crippen molar-refractivity contribution in [2.24, 2.45) is 5.92 Å². The van der Waals surface area contributed by atoms with Crippen LogP contribution in [0, 0.1) is 17.6 Å². The average Bonchev–Trinajstić information content (AvgIpc) is 3.64. The Kier molecular flexibility index (Phi) is 8.78. The molecule has 0 spiro atoms. The van der Waals surface area contributed by atoms with Crippen molar-refractivity contribution < 1.29 is 28.0 Å². The molecule has 1 aromatic heterocycles. The van der Waals surface area contributed by atoms with Crippen LogP contribution < -0.4 is 16.0 Å². The summed E-state index contributed by atoms with van der Waals surface area (Å²) < 4.78 is 29.7. The third kappa shape index (κ3) is 6.87. The molecule has 5 rings (SSSR count). The number of carbonyl (C=O) groups excluding carboxylic acids is 4. The second kappa shape index (κ2) is 12.7. The van der Waals surface area contributed by atoms with Gasteiger partial charge in [-0.2, -0.15) is 0 Å². The summed E-state index contributed by atoms with van der Waals surface area (Å²) in [4.78, 5) is 55.2. The van der Waals surface area contributed by atoms with E-state index in [-0.39, 0.29) is 37.4 Å². The van der Waals surface area contributed by atoms with E-state index in [9.17, 15) is 28.0 Å². The smallest absolute Gasteiger partial charge is 0.243 e. The SMILES string of the molecule is CC(C)[C@@H]1NC(=O)[C@@H]2C[C@@H](CN2C(=O)Cc2cc(F)ccc2F)n2cc(nn2)CNC(=O)[C@@H](Cc2ccccc2)NC1=O. The molecule has 4 bridgehead atoms. The molecule has 1 saturated heterocycles. The Morgan fingerprint density at radius 2 is 1.79 bits per heavy atom. The Bertz CT molecular complexity index is 1510. The van der Waals surface area contributed by atoms with Gasteiger partial charge in [-0.3, -0.25) is 19.2 Å². The van der Waals surface area contributed by atoms with Gasteiger partial charge in [-0.25, -0.2) is 13.5 Å². The highest BCUT2D eigenvalue weighted by Gasteiger charge is 2.42. The zero-order valence-electron chi connectivity index (χ0n) is 23.8. The lowest BCUT2D eigenvalue weighted by Gasteiger charge is -2.29. The summed E-state index contributed by atoms with van der Waals surface area (Å²) in [6.07, 6.45) is 1.54. The molecule has 0 aliphatic carbocycles. The van der Waals surface area contributed by atoms with Gasteiger partial charge in [-0.15, -0.1) is 5.10 Å². The van der Waals surface area contributed by atoms with Gasteiger partial charge in [-0.05, 0) is 29.7 Å². The van der Waals surface area contributed by atoms with Gasteiger partial charge in [0.05, 0.1) is 25.2 Å². The number of fused-ring (bicyclic) bond motifs is 5. The maximum absolute atomic E-state index is 14.4. The topological polar surface area (TPSA) is 138 Å². The first kappa shape index (κ1) is 29.8. The molecule has 11 nitrogen and oxygen atoms in total. The molecule has 3 heterocycles. The molecule has 2 aliphatic rings. The Balaban J connectivity index is 1.44. The molecule has 4 atom stereocenters. The number of nitrogens with zero attached hydrogens (tertiary/aromatic N) is 4. The molecule has 1 fully saturated rings. The van der Waals surface area contributed by atoms with Crippen LogP contribution in [0.1, 0.15) is 43.1 Å². The van der Waals surface area contributed by atoms with Crippen LogP contribution in [-0.2, 0) is 38.6 Å². The lowest BCUT2D eigenvalue weighted by molar-refractivity contribution is -0.139. The van der Waals surface area contributed by atoms with Crippen LogP contribution in [0.3, 0.4) is 0 Å². The Morgan fingerprint density at radius 1 is 1.02 bits per heavy atom. The van der Waals surface area contributed by atoms with Crippen molar-refractivity contribution >= 4 is 23.6 Å². The van der Waals surface area contributed by atoms with Crippen LogP contribution in [0.15, 0.2) is 54.7 Å². The Morgan fingerprint density at radius 3 is 2.53 bits per heavy atom. The van der Waals surface area contributed by atoms with E-state index in [1.807, 2.05) is 30.3 Å². The lowest BCUT2D eigenvalue weighted by Crippen LogP contribution is -2.58. The van der Waals surface area contributed by atoms with Gasteiger partial charge in [0, 0.05) is 24.9 Å². The van der Waals surface area contributed by atoms with E-state index >= 15 is 0 Å². The van der Waals surface area contributed by atoms with E-state index in [0.29, 0.717) is 5.69 Å². The number of hydrogen-bond acceptors (Lipinski definition) is 6. The largest absolute Gasteiger partial charge is 0.349 e. The van der Waals surface area contributed by atoms with E-state index in [1.165, 1.54) is 9.58 Å². The molecule has 4 amide bonds. The van der Waals surface area contributed by atoms with Gasteiger partial charge in [-0.1, -0.05) is 49.4 Å². The number of benzene rings is 2. The minimum Gasteiger partial charge on any atom is -0.349 e. The van der Waals surface area contributed by atoms with Crippen LogP contribution in [0.2, 0.25) is 0 Å². The summed E-state index contributed by atoms with van der Waals surface area (Å²) in [6, 6.07) is 8.65. The quantitative estimate of drug-likeness (QED) is 0.410. The normalized spacial score (nSPS) is 22.8. The number of carbonyl (C=O) groups is 4. The van der Waals surface area contributed by atoms with Gasteiger partial charge in [0.25, 0.3) is 0 Å². The number of halogens is 2. The average molecular weight is 594 g/mol. The maximum atomic E-state index is 14.4. The van der Waals surface area contributed by atoms with E-state index < -0.39 is 65.9 Å². The number of aromatic nitrogens is 3. The summed E-state index contributed by atoms with van der Waals surface area (Å²) in [5, 5.41) is 16.7. The predicted molar refractivity (Wildman–Crippen MR) is 150 cm³/mol. The maximum Gasteiger partial charge on any atom is 0.243 e. The van der Waals surface area contributed by atoms with E-state index in [1.54, 1.807) is 20.0 Å². The monoisotopic (exact) mass is 593 g/mol. The van der Waals surface area contributed by atoms with Gasteiger partial charge in [0.2, 0.25) is 23.6 Å². The molecule has 2 aromatic carbocycles. The summed E-state index contributed by atoms with van der Waals surface area (Å²) in [6.45, 7) is 3.62. The molecule has 0 unspecified atom stereocenters. The van der Waals surface area contributed by atoms with Crippen molar-refractivity contribution in [1.29, 1.82) is 0 Å². The number of amides is 4. The molecule has 3 aromatic rings. The summed E-state index contributed by atoms with van der Waals surface area (Å²) in [7, 11) is 0. The summed E-state index contributed by atoms with van der Waals surface area (Å²) in [5.41, 5.74) is 1.15. The number of hydrogen-bond donors (Lipinski definition) is 3. The van der Waals surface area contributed by atoms with E-state index in [4.69, 9.17) is 0 Å². The Hall–Kier alpha value is -4.68. The molecule has 0 saturated carbocycles. The molecule has 43 heavy (non-hydrogen) atoms. The third-order valence-electron chi connectivity index (χ3n) is 7.79. The standard InChI is InChI=1S/C30H33F2N7O4/c1-17(2)27-30(43)34-24(10-18-6-4-3-5-7-18)28(41)33-14-21-15-39(37-36-21)22-13-25(29(42)35-27)38(16-22)26(40)12-19-11-20(31)8-9-23(19)32/h3-9,11,15,17,22,24-25,27H,10,12-14,16H2,1-2H3,(H,33,41)(H,34,43)(H,35,42)/t22-,24+,25-,27-/m0/s1. The highest BCUT2D eigenvalue weighted by molar-refractivity contribution is 5.95. The van der Waals surface area contributed by atoms with E-state index in [0.717, 1.165) is 23.8 Å². The van der Waals surface area contributed by atoms with Gasteiger partial charge in [0.1, 0.15) is 35.5 Å². The number of likely N-dealkylation sites (tertiary alicyclic amines) is 1. The van der Waals surface area contributed by atoms with Gasteiger partial charge < -0.3 is 20.9 Å². The molecular formula is C30H33F2N7O4. The highest BCUT2D eigenvalue weighted by Crippen LogP contribution is 2.29. The highest BCUT2D eigenvalue weighted by atomic mass is 19.1. The first-order chi connectivity index (χ1) is 20.6. The van der Waals surface area contributed by atoms with Crippen molar-refractivity contribution in [3.63, 3.8) is 0 Å². The second-order valence-electron chi connectivity index (χ2n) is 11.3. The van der Waals surface area contributed by atoms with Crippen molar-refractivity contribution in [3.05, 3.63) is 83.2 Å². The summed E-state index contributed by atoms with van der Waals surface area (Å²) >= 11 is 0. The molecule has 3 N–H and O–H groups in total. The Labute approximate surface area is 247 Å². The van der Waals surface area contributed by atoms with Crippen LogP contribution >= 0.6 is 0 Å². The third-order valence-corrected chi connectivity index (χ3v) is 7.79. The van der Waals surface area contributed by atoms with Crippen LogP contribution in [0.4, 0.5) is 8.78 Å². The minimum absolute atomic E-state index is 0.0441. The van der Waals surface area contributed by atoms with Gasteiger partial charge >= 0.3 is 0 Å². The summed E-state index contributed by atoms with van der Waals surface area (Å²) in [5.74, 6) is -3.90. The number of rotatable bonds is 5. The number of nitrogens with one attached hydrogen (secondary N) is 3.